The van der Waals surface area contributed by atoms with Crippen molar-refractivity contribution >= 4 is 23.8 Å². The topological polar surface area (TPSA) is 69.6 Å². The summed E-state index contributed by atoms with van der Waals surface area (Å²) in [6, 6.07) is 0.143. The Morgan fingerprint density at radius 2 is 2.00 bits per heavy atom. The molecule has 1 saturated heterocycles. The van der Waals surface area contributed by atoms with Crippen LogP contribution >= 0.6 is 11.8 Å². The standard InChI is InChI=1S/C15H26N2O3S/c1-11-3-6-15(7-4-11,13(18)19)10-16-14(20)17(2)12-5-8-21-9-12/h11-12H,3-10H2,1-2H3,(H,16,20)(H,18,19). The van der Waals surface area contributed by atoms with Crippen molar-refractivity contribution < 1.29 is 14.7 Å². The Morgan fingerprint density at radius 1 is 1.33 bits per heavy atom. The fraction of sp³-hybridized carbons (Fsp3) is 0.867. The second-order valence-electron chi connectivity index (χ2n) is 6.56. The van der Waals surface area contributed by atoms with Crippen molar-refractivity contribution in [1.29, 1.82) is 0 Å². The summed E-state index contributed by atoms with van der Waals surface area (Å²) in [5.41, 5.74) is -0.770. The zero-order valence-electron chi connectivity index (χ0n) is 12.9. The van der Waals surface area contributed by atoms with E-state index in [0.29, 0.717) is 18.8 Å². The molecule has 1 atom stereocenters. The molecule has 2 amide bonds. The minimum Gasteiger partial charge on any atom is -0.481 e. The number of rotatable bonds is 4. The minimum absolute atomic E-state index is 0.137. The largest absolute Gasteiger partial charge is 0.481 e. The van der Waals surface area contributed by atoms with E-state index in [1.165, 1.54) is 0 Å². The molecule has 120 valence electrons. The number of nitrogens with zero attached hydrogens (tertiary/aromatic N) is 1. The second-order valence-corrected chi connectivity index (χ2v) is 7.70. The van der Waals surface area contributed by atoms with E-state index in [0.717, 1.165) is 30.8 Å². The molecule has 0 spiro atoms. The van der Waals surface area contributed by atoms with Crippen molar-refractivity contribution in [3.63, 3.8) is 0 Å². The van der Waals surface area contributed by atoms with Gasteiger partial charge in [-0.2, -0.15) is 11.8 Å². The van der Waals surface area contributed by atoms with Gasteiger partial charge in [-0.15, -0.1) is 0 Å². The number of carboxylic acids is 1. The maximum absolute atomic E-state index is 12.2. The highest BCUT2D eigenvalue weighted by Gasteiger charge is 2.41. The maximum Gasteiger partial charge on any atom is 0.317 e. The summed E-state index contributed by atoms with van der Waals surface area (Å²) in [4.78, 5) is 25.6. The van der Waals surface area contributed by atoms with E-state index in [-0.39, 0.29) is 18.6 Å². The number of carbonyl (C=O) groups excluding carboxylic acids is 1. The highest BCUT2D eigenvalue weighted by molar-refractivity contribution is 7.99. The summed E-state index contributed by atoms with van der Waals surface area (Å²) in [6.07, 6.45) is 4.20. The van der Waals surface area contributed by atoms with Gasteiger partial charge in [0.25, 0.3) is 0 Å². The lowest BCUT2D eigenvalue weighted by atomic mass is 9.71. The molecule has 2 rings (SSSR count). The van der Waals surface area contributed by atoms with E-state index in [2.05, 4.69) is 12.2 Å². The van der Waals surface area contributed by atoms with Crippen LogP contribution in [0, 0.1) is 11.3 Å². The highest BCUT2D eigenvalue weighted by Crippen LogP contribution is 2.38. The predicted molar refractivity (Wildman–Crippen MR) is 84.6 cm³/mol. The van der Waals surface area contributed by atoms with Crippen LogP contribution in [0.25, 0.3) is 0 Å². The Bertz CT molecular complexity index is 388. The molecule has 2 N–H and O–H groups in total. The van der Waals surface area contributed by atoms with Gasteiger partial charge >= 0.3 is 12.0 Å². The zero-order valence-corrected chi connectivity index (χ0v) is 13.7. The van der Waals surface area contributed by atoms with E-state index >= 15 is 0 Å². The molecule has 1 heterocycles. The number of hydrogen-bond acceptors (Lipinski definition) is 3. The third-order valence-electron chi connectivity index (χ3n) is 5.04. The lowest BCUT2D eigenvalue weighted by Crippen LogP contribution is -2.50. The molecule has 5 nitrogen and oxygen atoms in total. The van der Waals surface area contributed by atoms with Gasteiger partial charge in [-0.05, 0) is 43.8 Å². The minimum atomic E-state index is -0.770. The van der Waals surface area contributed by atoms with Crippen LogP contribution < -0.4 is 5.32 Å². The first-order chi connectivity index (χ1) is 9.94. The molecule has 0 radical (unpaired) electrons. The molecule has 6 heteroatoms. The van der Waals surface area contributed by atoms with E-state index in [1.807, 2.05) is 18.8 Å². The zero-order chi connectivity index (χ0) is 15.5. The lowest BCUT2D eigenvalue weighted by Gasteiger charge is -2.36. The first kappa shape index (κ1) is 16.5. The summed E-state index contributed by atoms with van der Waals surface area (Å²) in [6.45, 7) is 2.41. The van der Waals surface area contributed by atoms with Crippen molar-refractivity contribution in [3.8, 4) is 0 Å². The van der Waals surface area contributed by atoms with Crippen LogP contribution in [-0.2, 0) is 4.79 Å². The normalized spacial score (nSPS) is 32.7. The molecule has 2 fully saturated rings. The van der Waals surface area contributed by atoms with Crippen molar-refractivity contribution in [1.82, 2.24) is 10.2 Å². The first-order valence-corrected chi connectivity index (χ1v) is 8.92. The quantitative estimate of drug-likeness (QED) is 0.836. The van der Waals surface area contributed by atoms with Crippen LogP contribution in [0.5, 0.6) is 0 Å². The van der Waals surface area contributed by atoms with Crippen LogP contribution in [0.4, 0.5) is 4.79 Å². The van der Waals surface area contributed by atoms with Gasteiger partial charge in [-0.25, -0.2) is 4.79 Å². The van der Waals surface area contributed by atoms with Crippen molar-refractivity contribution in [2.45, 2.75) is 45.1 Å². The van der Waals surface area contributed by atoms with Crippen LogP contribution in [0.1, 0.15) is 39.0 Å². The van der Waals surface area contributed by atoms with Gasteiger partial charge in [0.05, 0.1) is 5.41 Å². The first-order valence-electron chi connectivity index (χ1n) is 7.76. The van der Waals surface area contributed by atoms with Crippen LogP contribution in [0.2, 0.25) is 0 Å². The average molecular weight is 314 g/mol. The van der Waals surface area contributed by atoms with Crippen molar-refractivity contribution in [2.24, 2.45) is 11.3 Å². The smallest absolute Gasteiger partial charge is 0.317 e. The maximum atomic E-state index is 12.2. The van der Waals surface area contributed by atoms with Gasteiger partial charge in [0.15, 0.2) is 0 Å². The third-order valence-corrected chi connectivity index (χ3v) is 6.18. The summed E-state index contributed by atoms with van der Waals surface area (Å²) in [7, 11) is 1.81. The summed E-state index contributed by atoms with van der Waals surface area (Å²) in [5.74, 6) is 1.89. The van der Waals surface area contributed by atoms with Gasteiger partial charge < -0.3 is 15.3 Å². The van der Waals surface area contributed by atoms with Gasteiger partial charge in [0.1, 0.15) is 0 Å². The summed E-state index contributed by atoms with van der Waals surface area (Å²) >= 11 is 1.86. The fourth-order valence-electron chi connectivity index (χ4n) is 3.14. The SMILES string of the molecule is CC1CCC(CNC(=O)N(C)C2CCSC2)(C(=O)O)CC1. The number of carboxylic acid groups (broad SMARTS) is 1. The third kappa shape index (κ3) is 3.84. The van der Waals surface area contributed by atoms with E-state index in [1.54, 1.807) is 4.90 Å². The monoisotopic (exact) mass is 314 g/mol. The fourth-order valence-corrected chi connectivity index (χ4v) is 4.41. The van der Waals surface area contributed by atoms with Gasteiger partial charge in [-0.3, -0.25) is 4.79 Å². The van der Waals surface area contributed by atoms with Crippen LogP contribution in [0.3, 0.4) is 0 Å². The molecule has 1 aliphatic heterocycles. The molecule has 0 bridgehead atoms. The average Bonchev–Trinajstić information content (AvgIpc) is 2.99. The Labute approximate surface area is 130 Å². The van der Waals surface area contributed by atoms with E-state index in [4.69, 9.17) is 0 Å². The lowest BCUT2D eigenvalue weighted by molar-refractivity contribution is -0.151. The predicted octanol–water partition coefficient (Wildman–Crippen LogP) is 2.41. The van der Waals surface area contributed by atoms with Gasteiger partial charge in [-0.1, -0.05) is 6.92 Å². The van der Waals surface area contributed by atoms with Crippen molar-refractivity contribution in [2.75, 3.05) is 25.1 Å². The highest BCUT2D eigenvalue weighted by atomic mass is 32.2. The second kappa shape index (κ2) is 6.90. The molecular weight excluding hydrogens is 288 g/mol. The molecule has 0 aromatic heterocycles. The Morgan fingerprint density at radius 3 is 2.52 bits per heavy atom. The molecule has 1 saturated carbocycles. The molecule has 21 heavy (non-hydrogen) atoms. The van der Waals surface area contributed by atoms with Crippen molar-refractivity contribution in [3.05, 3.63) is 0 Å². The molecule has 0 aromatic carbocycles. The van der Waals surface area contributed by atoms with E-state index in [9.17, 15) is 14.7 Å². The number of urea groups is 1. The van der Waals surface area contributed by atoms with Crippen LogP contribution in [0.15, 0.2) is 0 Å². The number of hydrogen-bond donors (Lipinski definition) is 2. The van der Waals surface area contributed by atoms with Crippen LogP contribution in [-0.4, -0.2) is 53.1 Å². The number of carbonyl (C=O) groups is 2. The number of aliphatic carboxylic acids is 1. The molecule has 0 aromatic rings. The Kier molecular flexibility index (Phi) is 5.41. The molecular formula is C15H26N2O3S. The number of nitrogens with one attached hydrogen (secondary N) is 1. The number of amides is 2. The summed E-state index contributed by atoms with van der Waals surface area (Å²) < 4.78 is 0. The molecule has 1 aliphatic carbocycles. The Hall–Kier alpha value is -0.910. The van der Waals surface area contributed by atoms with Gasteiger partial charge in [0, 0.05) is 25.4 Å². The Balaban J connectivity index is 1.89. The number of thioether (sulfide) groups is 1. The summed E-state index contributed by atoms with van der Waals surface area (Å²) in [5, 5.41) is 12.4. The van der Waals surface area contributed by atoms with E-state index < -0.39 is 11.4 Å². The molecule has 2 aliphatic rings. The molecule has 1 unspecified atom stereocenters. The van der Waals surface area contributed by atoms with Gasteiger partial charge in [0.2, 0.25) is 0 Å².